The first-order chi connectivity index (χ1) is 12.3. The lowest BCUT2D eigenvalue weighted by molar-refractivity contribution is 0.632. The number of hydrogen-bond acceptors (Lipinski definition) is 5. The first kappa shape index (κ1) is 19.1. The standard InChI is InChI=1S/C17H16FN5O.C2H6/c1-7-5-12-16(22-8(7)2)13(15(21)17(24)23-12)9-3-4-11(18)14(20)10(9)6-19;1-2/h3-6,19H,20-21H2,1-2H3,(H,23,24);1-2H3. The van der Waals surface area contributed by atoms with Gasteiger partial charge in [0.25, 0.3) is 5.56 Å². The predicted molar refractivity (Wildman–Crippen MR) is 105 cm³/mol. The molecule has 0 aliphatic carbocycles. The summed E-state index contributed by atoms with van der Waals surface area (Å²) in [5.41, 5.74) is 14.6. The van der Waals surface area contributed by atoms with E-state index in [-0.39, 0.29) is 16.9 Å². The summed E-state index contributed by atoms with van der Waals surface area (Å²) in [6, 6.07) is 4.44. The van der Waals surface area contributed by atoms with Crippen molar-refractivity contribution in [3.63, 3.8) is 0 Å². The van der Waals surface area contributed by atoms with Crippen LogP contribution in [-0.4, -0.2) is 16.2 Å². The molecule has 1 aromatic carbocycles. The van der Waals surface area contributed by atoms with Crippen molar-refractivity contribution in [1.29, 1.82) is 5.41 Å². The number of nitrogens with zero attached hydrogens (tertiary/aromatic N) is 1. The molecule has 0 bridgehead atoms. The van der Waals surface area contributed by atoms with Gasteiger partial charge in [-0.3, -0.25) is 9.78 Å². The van der Waals surface area contributed by atoms with Crippen LogP contribution in [0.1, 0.15) is 30.7 Å². The van der Waals surface area contributed by atoms with Gasteiger partial charge in [-0.15, -0.1) is 0 Å². The molecule has 7 heteroatoms. The summed E-state index contributed by atoms with van der Waals surface area (Å²) in [6.45, 7) is 7.73. The molecule has 2 heterocycles. The molecule has 0 fully saturated rings. The molecule has 0 atom stereocenters. The predicted octanol–water partition coefficient (Wildman–Crippen LogP) is 3.53. The molecule has 3 aromatic rings. The molecule has 0 aliphatic heterocycles. The third-order valence-electron chi connectivity index (χ3n) is 4.11. The number of rotatable bonds is 2. The molecule has 26 heavy (non-hydrogen) atoms. The monoisotopic (exact) mass is 355 g/mol. The quantitative estimate of drug-likeness (QED) is 0.415. The van der Waals surface area contributed by atoms with E-state index in [9.17, 15) is 9.18 Å². The van der Waals surface area contributed by atoms with E-state index in [0.717, 1.165) is 17.5 Å². The van der Waals surface area contributed by atoms with Crippen LogP contribution in [0.2, 0.25) is 0 Å². The van der Waals surface area contributed by atoms with Crippen LogP contribution in [0.5, 0.6) is 0 Å². The van der Waals surface area contributed by atoms with Crippen LogP contribution in [0.4, 0.5) is 15.8 Å². The Labute approximate surface area is 150 Å². The Morgan fingerprint density at radius 2 is 1.85 bits per heavy atom. The van der Waals surface area contributed by atoms with Crippen molar-refractivity contribution in [1.82, 2.24) is 9.97 Å². The van der Waals surface area contributed by atoms with Gasteiger partial charge in [-0.05, 0) is 37.1 Å². The van der Waals surface area contributed by atoms with Crippen molar-refractivity contribution in [2.24, 2.45) is 0 Å². The van der Waals surface area contributed by atoms with Gasteiger partial charge in [0.2, 0.25) is 0 Å². The first-order valence-electron chi connectivity index (χ1n) is 8.23. The molecule has 0 amide bonds. The van der Waals surface area contributed by atoms with Crippen LogP contribution in [-0.2, 0) is 0 Å². The lowest BCUT2D eigenvalue weighted by atomic mass is 9.96. The molecule has 0 radical (unpaired) electrons. The van der Waals surface area contributed by atoms with E-state index in [1.54, 1.807) is 6.07 Å². The molecule has 6 nitrogen and oxygen atoms in total. The maximum atomic E-state index is 13.7. The van der Waals surface area contributed by atoms with Crippen LogP contribution in [0.25, 0.3) is 22.2 Å². The fourth-order valence-corrected chi connectivity index (χ4v) is 2.68. The van der Waals surface area contributed by atoms with Gasteiger partial charge in [-0.25, -0.2) is 4.39 Å². The van der Waals surface area contributed by atoms with Crippen molar-refractivity contribution in [3.8, 4) is 11.1 Å². The SMILES string of the molecule is CC.Cc1cc2[nH]c(=O)c(N)c(-c3ccc(F)c(N)c3C=N)c2nc1C. The second-order valence-corrected chi connectivity index (χ2v) is 5.60. The van der Waals surface area contributed by atoms with Crippen LogP contribution >= 0.6 is 0 Å². The highest BCUT2D eigenvalue weighted by molar-refractivity contribution is 6.04. The smallest absolute Gasteiger partial charge is 0.272 e. The van der Waals surface area contributed by atoms with Crippen molar-refractivity contribution in [2.45, 2.75) is 27.7 Å². The van der Waals surface area contributed by atoms with E-state index in [0.29, 0.717) is 22.2 Å². The van der Waals surface area contributed by atoms with Crippen LogP contribution in [0, 0.1) is 25.1 Å². The van der Waals surface area contributed by atoms with Gasteiger partial charge < -0.3 is 21.9 Å². The van der Waals surface area contributed by atoms with Crippen molar-refractivity contribution >= 4 is 28.6 Å². The Kier molecular flexibility index (Phi) is 5.40. The number of nitrogens with one attached hydrogen (secondary N) is 2. The zero-order valence-electron chi connectivity index (χ0n) is 15.2. The second kappa shape index (κ2) is 7.35. The summed E-state index contributed by atoms with van der Waals surface area (Å²) in [6.07, 6.45) is 0.946. The van der Waals surface area contributed by atoms with E-state index >= 15 is 0 Å². The van der Waals surface area contributed by atoms with E-state index in [1.807, 2.05) is 27.7 Å². The van der Waals surface area contributed by atoms with Crippen LogP contribution < -0.4 is 17.0 Å². The number of nitrogen functional groups attached to an aromatic ring is 2. The number of benzene rings is 1. The molecule has 0 aliphatic rings. The maximum absolute atomic E-state index is 13.7. The summed E-state index contributed by atoms with van der Waals surface area (Å²) in [4.78, 5) is 19.4. The zero-order chi connectivity index (χ0) is 19.6. The fraction of sp³-hybridized carbons (Fsp3) is 0.211. The highest BCUT2D eigenvalue weighted by Gasteiger charge is 2.19. The molecule has 0 unspecified atom stereocenters. The summed E-state index contributed by atoms with van der Waals surface area (Å²) < 4.78 is 13.7. The normalized spacial score (nSPS) is 10.3. The van der Waals surface area contributed by atoms with E-state index in [2.05, 4.69) is 9.97 Å². The number of hydrogen-bond donors (Lipinski definition) is 4. The number of aromatic nitrogens is 2. The zero-order valence-corrected chi connectivity index (χ0v) is 15.2. The summed E-state index contributed by atoms with van der Waals surface area (Å²) in [5.74, 6) is -0.634. The van der Waals surface area contributed by atoms with Crippen LogP contribution in [0.15, 0.2) is 23.0 Å². The van der Waals surface area contributed by atoms with Gasteiger partial charge >= 0.3 is 0 Å². The topological polar surface area (TPSA) is 122 Å². The summed E-state index contributed by atoms with van der Waals surface area (Å²) >= 11 is 0. The largest absolute Gasteiger partial charge is 0.396 e. The van der Waals surface area contributed by atoms with E-state index in [4.69, 9.17) is 16.9 Å². The minimum Gasteiger partial charge on any atom is -0.396 e. The van der Waals surface area contributed by atoms with Crippen molar-refractivity contribution in [3.05, 3.63) is 51.2 Å². The summed E-state index contributed by atoms with van der Waals surface area (Å²) in [7, 11) is 0. The average molecular weight is 355 g/mol. The molecule has 0 spiro atoms. The third-order valence-corrected chi connectivity index (χ3v) is 4.11. The molecule has 0 saturated heterocycles. The van der Waals surface area contributed by atoms with Gasteiger partial charge in [0, 0.05) is 23.0 Å². The Morgan fingerprint density at radius 3 is 2.46 bits per heavy atom. The number of anilines is 2. The molecule has 2 aromatic heterocycles. The number of fused-ring (bicyclic) bond motifs is 1. The first-order valence-corrected chi connectivity index (χ1v) is 8.23. The molecule has 0 saturated carbocycles. The Hall–Kier alpha value is -3.22. The number of aromatic amines is 1. The van der Waals surface area contributed by atoms with Crippen molar-refractivity contribution in [2.75, 3.05) is 11.5 Å². The minimum atomic E-state index is -0.634. The molecule has 6 N–H and O–H groups in total. The maximum Gasteiger partial charge on any atom is 0.272 e. The number of nitrogens with two attached hydrogens (primary N) is 2. The van der Waals surface area contributed by atoms with Gasteiger partial charge in [0.15, 0.2) is 0 Å². The Balaban J connectivity index is 0.00000117. The highest BCUT2D eigenvalue weighted by Crippen LogP contribution is 2.35. The van der Waals surface area contributed by atoms with Crippen LogP contribution in [0.3, 0.4) is 0 Å². The summed E-state index contributed by atoms with van der Waals surface area (Å²) in [5, 5.41) is 7.56. The second-order valence-electron chi connectivity index (χ2n) is 5.60. The molecular formula is C19H22FN5O. The number of H-pyrrole nitrogens is 1. The van der Waals surface area contributed by atoms with Gasteiger partial charge in [0.1, 0.15) is 11.5 Å². The number of halogens is 1. The molecule has 3 rings (SSSR count). The third kappa shape index (κ3) is 3.03. The molecule has 136 valence electrons. The number of aryl methyl sites for hydroxylation is 2. The average Bonchev–Trinajstić information content (AvgIpc) is 2.62. The van der Waals surface area contributed by atoms with E-state index in [1.165, 1.54) is 12.1 Å². The molecular weight excluding hydrogens is 333 g/mol. The lowest BCUT2D eigenvalue weighted by Gasteiger charge is -2.14. The highest BCUT2D eigenvalue weighted by atomic mass is 19.1. The Morgan fingerprint density at radius 1 is 1.19 bits per heavy atom. The van der Waals surface area contributed by atoms with Gasteiger partial charge in [-0.1, -0.05) is 19.9 Å². The van der Waals surface area contributed by atoms with Gasteiger partial charge in [-0.2, -0.15) is 0 Å². The van der Waals surface area contributed by atoms with E-state index < -0.39 is 11.4 Å². The lowest BCUT2D eigenvalue weighted by Crippen LogP contribution is -2.15. The van der Waals surface area contributed by atoms with Crippen molar-refractivity contribution < 1.29 is 4.39 Å². The number of pyridine rings is 2. The Bertz CT molecular complexity index is 1060. The minimum absolute atomic E-state index is 0.0487. The van der Waals surface area contributed by atoms with Gasteiger partial charge in [0.05, 0.1) is 16.7 Å². The fourth-order valence-electron chi connectivity index (χ4n) is 2.68.